The van der Waals surface area contributed by atoms with Crippen LogP contribution >= 0.6 is 0 Å². The highest BCUT2D eigenvalue weighted by Gasteiger charge is 2.20. The van der Waals surface area contributed by atoms with Crippen LogP contribution in [0.3, 0.4) is 0 Å². The Labute approximate surface area is 226 Å². The van der Waals surface area contributed by atoms with Gasteiger partial charge in [-0.2, -0.15) is 15.0 Å². The third-order valence-corrected chi connectivity index (χ3v) is 6.64. The van der Waals surface area contributed by atoms with Crippen molar-refractivity contribution >= 4 is 35.3 Å². The number of hydrogen-bond donors (Lipinski definition) is 4. The number of morpholine rings is 1. The van der Waals surface area contributed by atoms with Crippen LogP contribution in [0, 0.1) is 6.92 Å². The highest BCUT2D eigenvalue weighted by atomic mass is 16.5. The fourth-order valence-electron chi connectivity index (χ4n) is 4.55. The number of aryl methyl sites for hydroxylation is 1. The zero-order valence-electron chi connectivity index (χ0n) is 21.8. The summed E-state index contributed by atoms with van der Waals surface area (Å²) in [6.45, 7) is 7.94. The van der Waals surface area contributed by atoms with E-state index < -0.39 is 12.0 Å². The number of nitrogens with zero attached hydrogens (tertiary/aromatic N) is 5. The van der Waals surface area contributed by atoms with E-state index in [4.69, 9.17) is 19.7 Å². The summed E-state index contributed by atoms with van der Waals surface area (Å²) in [6, 6.07) is 11.5. The number of aromatic carboxylic acids is 1. The highest BCUT2D eigenvalue weighted by molar-refractivity contribution is 6.00. The summed E-state index contributed by atoms with van der Waals surface area (Å²) < 4.78 is 5.51. The number of carbonyl (C=O) groups is 2. The number of carboxylic acids is 1. The van der Waals surface area contributed by atoms with Gasteiger partial charge in [-0.25, -0.2) is 9.59 Å². The van der Waals surface area contributed by atoms with E-state index in [0.29, 0.717) is 47.9 Å². The van der Waals surface area contributed by atoms with Crippen LogP contribution in [-0.4, -0.2) is 84.5 Å². The van der Waals surface area contributed by atoms with Crippen LogP contribution in [0.15, 0.2) is 42.5 Å². The van der Waals surface area contributed by atoms with E-state index in [0.717, 1.165) is 51.3 Å². The van der Waals surface area contributed by atoms with E-state index in [2.05, 4.69) is 25.8 Å². The quantitative estimate of drug-likeness (QED) is 0.374. The van der Waals surface area contributed by atoms with Gasteiger partial charge in [0.2, 0.25) is 11.9 Å². The first kappa shape index (κ1) is 26.3. The number of anilines is 4. The maximum absolute atomic E-state index is 12.5. The Morgan fingerprint density at radius 1 is 0.872 bits per heavy atom. The molecule has 0 saturated carbocycles. The number of nitrogens with one attached hydrogen (secondary N) is 3. The molecule has 12 heteroatoms. The van der Waals surface area contributed by atoms with Crippen LogP contribution in [0.25, 0.3) is 11.4 Å². The van der Waals surface area contributed by atoms with Crippen molar-refractivity contribution in [3.05, 3.63) is 53.6 Å². The second-order valence-electron chi connectivity index (χ2n) is 9.44. The van der Waals surface area contributed by atoms with Crippen molar-refractivity contribution in [3.63, 3.8) is 0 Å². The van der Waals surface area contributed by atoms with Gasteiger partial charge in [-0.3, -0.25) is 0 Å². The number of rotatable bonds is 6. The second-order valence-corrected chi connectivity index (χ2v) is 9.44. The van der Waals surface area contributed by atoms with Gasteiger partial charge in [-0.05, 0) is 67.9 Å². The van der Waals surface area contributed by atoms with Crippen molar-refractivity contribution in [2.24, 2.45) is 0 Å². The molecule has 2 amide bonds. The molecule has 5 rings (SSSR count). The molecule has 0 atom stereocenters. The van der Waals surface area contributed by atoms with Crippen molar-refractivity contribution in [1.82, 2.24) is 20.3 Å². The van der Waals surface area contributed by atoms with Gasteiger partial charge in [-0.1, -0.05) is 0 Å². The topological polar surface area (TPSA) is 145 Å². The van der Waals surface area contributed by atoms with Gasteiger partial charge < -0.3 is 35.6 Å². The summed E-state index contributed by atoms with van der Waals surface area (Å²) in [7, 11) is 0. The Kier molecular flexibility index (Phi) is 8.13. The van der Waals surface area contributed by atoms with Crippen LogP contribution in [0.2, 0.25) is 0 Å². The van der Waals surface area contributed by atoms with Crippen LogP contribution in [0.1, 0.15) is 22.3 Å². The maximum atomic E-state index is 12.5. The minimum atomic E-state index is -1.01. The fraction of sp³-hybridized carbons (Fsp3) is 0.370. The zero-order valence-corrected chi connectivity index (χ0v) is 21.8. The highest BCUT2D eigenvalue weighted by Crippen LogP contribution is 2.24. The third kappa shape index (κ3) is 6.59. The van der Waals surface area contributed by atoms with Crippen molar-refractivity contribution in [1.29, 1.82) is 0 Å². The summed E-state index contributed by atoms with van der Waals surface area (Å²) in [5, 5.41) is 18.1. The van der Waals surface area contributed by atoms with E-state index >= 15 is 0 Å². The molecule has 0 unspecified atom stereocenters. The number of urea groups is 1. The first-order valence-electron chi connectivity index (χ1n) is 13.0. The SMILES string of the molecule is Cc1cc(NC(=O)Nc2ccc(-c3nc(N4CCCNCC4)nc(N4CCOCC4)n3)cc2)ccc1C(=O)O. The number of ether oxygens (including phenoxy) is 1. The van der Waals surface area contributed by atoms with E-state index in [-0.39, 0.29) is 5.56 Å². The monoisotopic (exact) mass is 532 g/mol. The molecule has 4 N–H and O–H groups in total. The van der Waals surface area contributed by atoms with Gasteiger partial charge in [0.15, 0.2) is 5.82 Å². The molecule has 204 valence electrons. The molecular weight excluding hydrogens is 500 g/mol. The summed E-state index contributed by atoms with van der Waals surface area (Å²) >= 11 is 0. The van der Waals surface area contributed by atoms with Gasteiger partial charge in [-0.15, -0.1) is 0 Å². The normalized spacial score (nSPS) is 15.9. The molecular formula is C27H32N8O4. The number of aromatic nitrogens is 3. The lowest BCUT2D eigenvalue weighted by atomic mass is 10.1. The fourth-order valence-corrected chi connectivity index (χ4v) is 4.55. The third-order valence-electron chi connectivity index (χ3n) is 6.64. The number of hydrogen-bond acceptors (Lipinski definition) is 9. The Hall–Kier alpha value is -4.29. The van der Waals surface area contributed by atoms with Gasteiger partial charge in [0.05, 0.1) is 18.8 Å². The summed E-state index contributed by atoms with van der Waals surface area (Å²) in [6.07, 6.45) is 1.01. The van der Waals surface area contributed by atoms with E-state index in [1.807, 2.05) is 12.1 Å². The van der Waals surface area contributed by atoms with Gasteiger partial charge >= 0.3 is 12.0 Å². The summed E-state index contributed by atoms with van der Waals surface area (Å²) in [5.41, 5.74) is 2.67. The van der Waals surface area contributed by atoms with Gasteiger partial charge in [0, 0.05) is 49.7 Å². The smallest absolute Gasteiger partial charge is 0.335 e. The van der Waals surface area contributed by atoms with Gasteiger partial charge in [0.25, 0.3) is 0 Å². The summed E-state index contributed by atoms with van der Waals surface area (Å²) in [5.74, 6) is 0.871. The largest absolute Gasteiger partial charge is 0.478 e. The first-order chi connectivity index (χ1) is 19.0. The minimum Gasteiger partial charge on any atom is -0.478 e. The Bertz CT molecular complexity index is 1320. The predicted octanol–water partition coefficient (Wildman–Crippen LogP) is 2.83. The van der Waals surface area contributed by atoms with E-state index in [1.165, 1.54) is 6.07 Å². The van der Waals surface area contributed by atoms with Crippen LogP contribution in [0.4, 0.5) is 28.1 Å². The second kappa shape index (κ2) is 12.0. The standard InChI is InChI=1S/C27H32N8O4/c1-18-17-21(7-8-22(18)24(36)37)30-27(38)29-20-5-3-19(4-6-20)23-31-25(34-11-2-9-28-10-12-34)33-26(32-23)35-13-15-39-16-14-35/h3-8,17,28H,2,9-16H2,1H3,(H,36,37)(H2,29,30,38). The molecule has 2 saturated heterocycles. The number of amides is 2. The molecule has 3 aromatic rings. The molecule has 2 aromatic carbocycles. The lowest BCUT2D eigenvalue weighted by molar-refractivity contribution is 0.0696. The number of carboxylic acid groups (broad SMARTS) is 1. The van der Waals surface area contributed by atoms with E-state index in [1.54, 1.807) is 31.2 Å². The molecule has 12 nitrogen and oxygen atoms in total. The van der Waals surface area contributed by atoms with Crippen molar-refractivity contribution in [2.75, 3.05) is 72.9 Å². The first-order valence-corrected chi connectivity index (χ1v) is 13.0. The molecule has 39 heavy (non-hydrogen) atoms. The number of carbonyl (C=O) groups excluding carboxylic acids is 1. The zero-order chi connectivity index (χ0) is 27.2. The Morgan fingerprint density at radius 3 is 2.23 bits per heavy atom. The van der Waals surface area contributed by atoms with Crippen LogP contribution in [-0.2, 0) is 4.74 Å². The van der Waals surface area contributed by atoms with Crippen molar-refractivity contribution < 1.29 is 19.4 Å². The molecule has 1 aromatic heterocycles. The van der Waals surface area contributed by atoms with Crippen molar-refractivity contribution in [2.45, 2.75) is 13.3 Å². The lowest BCUT2D eigenvalue weighted by Gasteiger charge is -2.28. The number of benzene rings is 2. The molecule has 2 fully saturated rings. The molecule has 3 heterocycles. The average Bonchev–Trinajstić information content (AvgIpc) is 3.23. The Balaban J connectivity index is 1.32. The van der Waals surface area contributed by atoms with Crippen molar-refractivity contribution in [3.8, 4) is 11.4 Å². The summed E-state index contributed by atoms with van der Waals surface area (Å²) in [4.78, 5) is 42.5. The molecule has 2 aliphatic rings. The predicted molar refractivity (Wildman–Crippen MR) is 149 cm³/mol. The van der Waals surface area contributed by atoms with E-state index in [9.17, 15) is 14.7 Å². The molecule has 0 spiro atoms. The van der Waals surface area contributed by atoms with Crippen LogP contribution < -0.4 is 25.8 Å². The minimum absolute atomic E-state index is 0.197. The lowest BCUT2D eigenvalue weighted by Crippen LogP contribution is -2.38. The molecule has 0 aliphatic carbocycles. The molecule has 0 bridgehead atoms. The maximum Gasteiger partial charge on any atom is 0.335 e. The molecule has 0 radical (unpaired) electrons. The molecule has 2 aliphatic heterocycles. The van der Waals surface area contributed by atoms with Crippen LogP contribution in [0.5, 0.6) is 0 Å². The average molecular weight is 533 g/mol. The van der Waals surface area contributed by atoms with Gasteiger partial charge in [0.1, 0.15) is 0 Å². The Morgan fingerprint density at radius 2 is 1.54 bits per heavy atom.